The van der Waals surface area contributed by atoms with Crippen LogP contribution in [0.4, 0.5) is 5.69 Å². The van der Waals surface area contributed by atoms with Gasteiger partial charge in [0.15, 0.2) is 0 Å². The van der Waals surface area contributed by atoms with Crippen LogP contribution in [0.1, 0.15) is 56.9 Å². The van der Waals surface area contributed by atoms with E-state index in [4.69, 9.17) is 4.74 Å². The quantitative estimate of drug-likeness (QED) is 0.792. The maximum absolute atomic E-state index is 12.6. The molecular weight excluding hydrogens is 346 g/mol. The number of hydrogen-bond donors (Lipinski definition) is 2. The number of carbonyl (C=O) groups is 3. The Morgan fingerprint density at radius 3 is 2.56 bits per heavy atom. The predicted octanol–water partition coefficient (Wildman–Crippen LogP) is 2.79. The number of pyridine rings is 1. The van der Waals surface area contributed by atoms with Crippen LogP contribution < -0.4 is 10.6 Å². The summed E-state index contributed by atoms with van der Waals surface area (Å²) in [5.74, 6) is -1.27. The zero-order chi connectivity index (χ0) is 19.2. The minimum atomic E-state index is -0.544. The molecule has 0 radical (unpaired) electrons. The number of nitrogens with one attached hydrogen (secondary N) is 2. The van der Waals surface area contributed by atoms with Gasteiger partial charge in [-0.05, 0) is 37.1 Å². The van der Waals surface area contributed by atoms with Crippen molar-refractivity contribution >= 4 is 23.5 Å². The average molecular weight is 367 g/mol. The standard InChI is InChI=1S/C20H21N3O4/c1-27-20(26)15-8-4-5-9-16(15)23-18(24)13-10-11-21-17(12-13)19(25)22-14-6-2-3-7-14/h4-5,8-12,14H,2-3,6-7H2,1H3,(H,22,25)(H,23,24). The molecule has 27 heavy (non-hydrogen) atoms. The summed E-state index contributed by atoms with van der Waals surface area (Å²) in [6.07, 6.45) is 5.58. The molecular formula is C20H21N3O4. The molecule has 1 aliphatic carbocycles. The van der Waals surface area contributed by atoms with Gasteiger partial charge in [0.05, 0.1) is 18.4 Å². The van der Waals surface area contributed by atoms with Crippen molar-refractivity contribution in [3.8, 4) is 0 Å². The molecule has 1 aliphatic rings. The molecule has 7 heteroatoms. The lowest BCUT2D eigenvalue weighted by Crippen LogP contribution is -2.33. The third-order valence-corrected chi connectivity index (χ3v) is 4.53. The molecule has 2 N–H and O–H groups in total. The molecule has 0 saturated heterocycles. The smallest absolute Gasteiger partial charge is 0.339 e. The fraction of sp³-hybridized carbons (Fsp3) is 0.300. The molecule has 7 nitrogen and oxygen atoms in total. The molecule has 0 spiro atoms. The number of benzene rings is 1. The van der Waals surface area contributed by atoms with E-state index in [9.17, 15) is 14.4 Å². The third-order valence-electron chi connectivity index (χ3n) is 4.53. The van der Waals surface area contributed by atoms with Crippen LogP contribution >= 0.6 is 0 Å². The first kappa shape index (κ1) is 18.6. The van der Waals surface area contributed by atoms with E-state index in [2.05, 4.69) is 15.6 Å². The van der Waals surface area contributed by atoms with E-state index in [-0.39, 0.29) is 28.8 Å². The Bertz CT molecular complexity index is 860. The van der Waals surface area contributed by atoms with Crippen molar-refractivity contribution in [3.63, 3.8) is 0 Å². The van der Waals surface area contributed by atoms with Gasteiger partial charge >= 0.3 is 5.97 Å². The summed E-state index contributed by atoms with van der Waals surface area (Å²) in [6, 6.07) is 9.69. The maximum Gasteiger partial charge on any atom is 0.339 e. The van der Waals surface area contributed by atoms with Gasteiger partial charge in [-0.15, -0.1) is 0 Å². The van der Waals surface area contributed by atoms with E-state index in [1.807, 2.05) is 0 Å². The third kappa shape index (κ3) is 4.49. The van der Waals surface area contributed by atoms with Gasteiger partial charge in [0.2, 0.25) is 0 Å². The second kappa shape index (κ2) is 8.44. The first-order chi connectivity index (χ1) is 13.1. The molecule has 1 aromatic carbocycles. The van der Waals surface area contributed by atoms with Gasteiger partial charge in [-0.2, -0.15) is 0 Å². The molecule has 1 fully saturated rings. The van der Waals surface area contributed by atoms with Crippen molar-refractivity contribution in [1.29, 1.82) is 0 Å². The summed E-state index contributed by atoms with van der Waals surface area (Å²) in [5, 5.41) is 5.63. The maximum atomic E-state index is 12.6. The largest absolute Gasteiger partial charge is 0.465 e. The summed E-state index contributed by atoms with van der Waals surface area (Å²) < 4.78 is 4.72. The normalized spacial score (nSPS) is 13.8. The SMILES string of the molecule is COC(=O)c1ccccc1NC(=O)c1ccnc(C(=O)NC2CCCC2)c1. The molecule has 3 rings (SSSR count). The fourth-order valence-corrected chi connectivity index (χ4v) is 3.10. The van der Waals surface area contributed by atoms with E-state index in [1.54, 1.807) is 24.3 Å². The highest BCUT2D eigenvalue weighted by Gasteiger charge is 2.20. The van der Waals surface area contributed by atoms with Gasteiger partial charge in [-0.25, -0.2) is 4.79 Å². The molecule has 0 aliphatic heterocycles. The summed E-state index contributed by atoms with van der Waals surface area (Å²) in [6.45, 7) is 0. The Labute approximate surface area is 157 Å². The number of anilines is 1. The van der Waals surface area contributed by atoms with Gasteiger partial charge < -0.3 is 15.4 Å². The number of amides is 2. The molecule has 0 atom stereocenters. The van der Waals surface area contributed by atoms with Crippen molar-refractivity contribution in [2.75, 3.05) is 12.4 Å². The Kier molecular flexibility index (Phi) is 5.80. The second-order valence-corrected chi connectivity index (χ2v) is 6.38. The minimum Gasteiger partial charge on any atom is -0.465 e. The lowest BCUT2D eigenvalue weighted by atomic mass is 10.1. The van der Waals surface area contributed by atoms with Crippen LogP contribution in [0.5, 0.6) is 0 Å². The number of rotatable bonds is 5. The number of carbonyl (C=O) groups excluding carboxylic acids is 3. The van der Waals surface area contributed by atoms with Crippen molar-refractivity contribution < 1.29 is 19.1 Å². The zero-order valence-electron chi connectivity index (χ0n) is 15.0. The highest BCUT2D eigenvalue weighted by molar-refractivity contribution is 6.08. The summed E-state index contributed by atoms with van der Waals surface area (Å²) >= 11 is 0. The Morgan fingerprint density at radius 1 is 1.07 bits per heavy atom. The average Bonchev–Trinajstić information content (AvgIpc) is 3.21. The van der Waals surface area contributed by atoms with E-state index in [0.717, 1.165) is 25.7 Å². The number of aromatic nitrogens is 1. The second-order valence-electron chi connectivity index (χ2n) is 6.38. The Hall–Kier alpha value is -3.22. The molecule has 0 unspecified atom stereocenters. The minimum absolute atomic E-state index is 0.170. The Morgan fingerprint density at radius 2 is 1.81 bits per heavy atom. The predicted molar refractivity (Wildman–Crippen MR) is 99.7 cm³/mol. The van der Waals surface area contributed by atoms with Gasteiger partial charge in [-0.1, -0.05) is 25.0 Å². The van der Waals surface area contributed by atoms with E-state index in [0.29, 0.717) is 5.69 Å². The Balaban J connectivity index is 1.74. The van der Waals surface area contributed by atoms with Crippen LogP contribution in [0.15, 0.2) is 42.6 Å². The number of para-hydroxylation sites is 1. The van der Waals surface area contributed by atoms with Crippen molar-refractivity contribution in [1.82, 2.24) is 10.3 Å². The fourth-order valence-electron chi connectivity index (χ4n) is 3.10. The lowest BCUT2D eigenvalue weighted by molar-refractivity contribution is 0.0601. The number of esters is 1. The number of methoxy groups -OCH3 is 1. The van der Waals surface area contributed by atoms with E-state index in [1.165, 1.54) is 25.4 Å². The van der Waals surface area contributed by atoms with Gasteiger partial charge in [0.25, 0.3) is 11.8 Å². The molecule has 2 aromatic rings. The number of nitrogens with zero attached hydrogens (tertiary/aromatic N) is 1. The van der Waals surface area contributed by atoms with Crippen LogP contribution in [0, 0.1) is 0 Å². The van der Waals surface area contributed by atoms with Crippen molar-refractivity contribution in [2.24, 2.45) is 0 Å². The van der Waals surface area contributed by atoms with Crippen LogP contribution in [-0.4, -0.2) is 35.9 Å². The summed E-state index contributed by atoms with van der Waals surface area (Å²) in [4.78, 5) is 40.8. The molecule has 1 saturated carbocycles. The monoisotopic (exact) mass is 367 g/mol. The summed E-state index contributed by atoms with van der Waals surface area (Å²) in [7, 11) is 1.28. The van der Waals surface area contributed by atoms with E-state index < -0.39 is 11.9 Å². The van der Waals surface area contributed by atoms with E-state index >= 15 is 0 Å². The lowest BCUT2D eigenvalue weighted by Gasteiger charge is -2.12. The van der Waals surface area contributed by atoms with Gasteiger partial charge in [0, 0.05) is 17.8 Å². The first-order valence-corrected chi connectivity index (χ1v) is 8.84. The summed E-state index contributed by atoms with van der Waals surface area (Å²) in [5.41, 5.74) is 1.06. The number of ether oxygens (including phenoxy) is 1. The van der Waals surface area contributed by atoms with Crippen molar-refractivity contribution in [3.05, 3.63) is 59.4 Å². The van der Waals surface area contributed by atoms with Crippen LogP contribution in [0.2, 0.25) is 0 Å². The van der Waals surface area contributed by atoms with Crippen molar-refractivity contribution in [2.45, 2.75) is 31.7 Å². The van der Waals surface area contributed by atoms with Crippen LogP contribution in [0.25, 0.3) is 0 Å². The highest BCUT2D eigenvalue weighted by Crippen LogP contribution is 2.19. The van der Waals surface area contributed by atoms with Crippen LogP contribution in [0.3, 0.4) is 0 Å². The topological polar surface area (TPSA) is 97.4 Å². The first-order valence-electron chi connectivity index (χ1n) is 8.84. The molecule has 1 aromatic heterocycles. The zero-order valence-corrected chi connectivity index (χ0v) is 15.0. The molecule has 140 valence electrons. The van der Waals surface area contributed by atoms with Gasteiger partial charge in [0.1, 0.15) is 5.69 Å². The number of hydrogen-bond acceptors (Lipinski definition) is 5. The molecule has 2 amide bonds. The molecule has 1 heterocycles. The highest BCUT2D eigenvalue weighted by atomic mass is 16.5. The van der Waals surface area contributed by atoms with Gasteiger partial charge in [-0.3, -0.25) is 14.6 Å². The van der Waals surface area contributed by atoms with Crippen LogP contribution in [-0.2, 0) is 4.74 Å². The molecule has 0 bridgehead atoms.